The summed E-state index contributed by atoms with van der Waals surface area (Å²) in [6, 6.07) is 5.70. The van der Waals surface area contributed by atoms with Crippen LogP contribution in [0.5, 0.6) is 0 Å². The molecule has 1 fully saturated rings. The molecule has 2 heterocycles. The number of piperazine rings is 1. The number of hydrogen-bond acceptors (Lipinski definition) is 3. The zero-order valence-electron chi connectivity index (χ0n) is 12.9. The van der Waals surface area contributed by atoms with Crippen LogP contribution in [0.15, 0.2) is 30.3 Å². The van der Waals surface area contributed by atoms with Gasteiger partial charge in [-0.25, -0.2) is 4.39 Å². The lowest BCUT2D eigenvalue weighted by atomic mass is 9.96. The predicted octanol–water partition coefficient (Wildman–Crippen LogP) is 4.98. The maximum Gasteiger partial charge on any atom is 0.416 e. The van der Waals surface area contributed by atoms with E-state index in [0.29, 0.717) is 36.6 Å². The molecule has 2 aromatic rings. The van der Waals surface area contributed by atoms with E-state index in [0.717, 1.165) is 10.9 Å². The second-order valence-electron chi connectivity index (χ2n) is 5.56. The molecule has 9 heteroatoms. The standard InChI is InChI=1S/C16H15ClF4N2S.ClH/c17-14-4-3-13(24-14)15(23-7-5-22-6-8-23)11-2-1-10(18)9-12(11)16(19,20)21;/h1-4,9,15,22H,5-8H2;1H/t15-;/m1./s1. The van der Waals surface area contributed by atoms with Crippen molar-refractivity contribution in [3.63, 3.8) is 0 Å². The van der Waals surface area contributed by atoms with Crippen LogP contribution in [0.4, 0.5) is 17.6 Å². The Morgan fingerprint density at radius 2 is 1.80 bits per heavy atom. The number of benzene rings is 1. The number of nitrogens with one attached hydrogen (secondary N) is 1. The average molecular weight is 415 g/mol. The average Bonchev–Trinajstić information content (AvgIpc) is 2.95. The topological polar surface area (TPSA) is 15.3 Å². The van der Waals surface area contributed by atoms with Crippen molar-refractivity contribution in [3.05, 3.63) is 56.5 Å². The molecule has 138 valence electrons. The first-order valence-electron chi connectivity index (χ1n) is 7.43. The van der Waals surface area contributed by atoms with Gasteiger partial charge in [-0.15, -0.1) is 23.7 Å². The minimum absolute atomic E-state index is 0. The highest BCUT2D eigenvalue weighted by Gasteiger charge is 2.38. The van der Waals surface area contributed by atoms with Gasteiger partial charge in [-0.1, -0.05) is 17.7 Å². The van der Waals surface area contributed by atoms with Crippen LogP contribution in [-0.2, 0) is 6.18 Å². The van der Waals surface area contributed by atoms with Gasteiger partial charge in [0.1, 0.15) is 5.82 Å². The smallest absolute Gasteiger partial charge is 0.314 e. The number of hydrogen-bond donors (Lipinski definition) is 1. The summed E-state index contributed by atoms with van der Waals surface area (Å²) < 4.78 is 54.3. The summed E-state index contributed by atoms with van der Waals surface area (Å²) in [6.07, 6.45) is -4.62. The molecule has 0 unspecified atom stereocenters. The molecule has 1 aromatic heterocycles. The maximum absolute atomic E-state index is 13.5. The molecule has 1 saturated heterocycles. The molecule has 0 bridgehead atoms. The fraction of sp³-hybridized carbons (Fsp3) is 0.375. The molecule has 1 atom stereocenters. The van der Waals surface area contributed by atoms with Crippen molar-refractivity contribution in [2.45, 2.75) is 12.2 Å². The first-order chi connectivity index (χ1) is 11.4. The van der Waals surface area contributed by atoms with E-state index in [1.54, 1.807) is 12.1 Å². The molecule has 0 amide bonds. The lowest BCUT2D eigenvalue weighted by molar-refractivity contribution is -0.138. The van der Waals surface area contributed by atoms with Crippen LogP contribution in [0.2, 0.25) is 4.34 Å². The molecule has 1 N–H and O–H groups in total. The molecule has 3 rings (SSSR count). The van der Waals surface area contributed by atoms with Gasteiger partial charge in [-0.05, 0) is 29.8 Å². The third-order valence-electron chi connectivity index (χ3n) is 4.00. The van der Waals surface area contributed by atoms with Crippen LogP contribution in [-0.4, -0.2) is 31.1 Å². The number of rotatable bonds is 3. The highest BCUT2D eigenvalue weighted by Crippen LogP contribution is 2.41. The third kappa shape index (κ3) is 4.65. The van der Waals surface area contributed by atoms with Gasteiger partial charge in [0.25, 0.3) is 0 Å². The summed E-state index contributed by atoms with van der Waals surface area (Å²) >= 11 is 7.24. The molecule has 1 aromatic carbocycles. The largest absolute Gasteiger partial charge is 0.416 e. The summed E-state index contributed by atoms with van der Waals surface area (Å²) in [5.74, 6) is -0.894. The molecule has 2 nitrogen and oxygen atoms in total. The van der Waals surface area contributed by atoms with Gasteiger partial charge in [-0.3, -0.25) is 4.90 Å². The highest BCUT2D eigenvalue weighted by atomic mass is 35.5. The van der Waals surface area contributed by atoms with Crippen LogP contribution in [0.3, 0.4) is 0 Å². The Balaban J connectivity index is 0.00000225. The second kappa shape index (κ2) is 8.22. The van der Waals surface area contributed by atoms with Gasteiger partial charge in [0, 0.05) is 31.1 Å². The molecular formula is C16H16Cl2F4N2S. The second-order valence-corrected chi connectivity index (χ2v) is 7.31. The molecule has 0 saturated carbocycles. The van der Waals surface area contributed by atoms with Gasteiger partial charge in [-0.2, -0.15) is 13.2 Å². The van der Waals surface area contributed by atoms with Crippen molar-refractivity contribution in [2.24, 2.45) is 0 Å². The van der Waals surface area contributed by atoms with Crippen molar-refractivity contribution in [1.29, 1.82) is 0 Å². The molecule has 1 aliphatic rings. The van der Waals surface area contributed by atoms with Crippen LogP contribution < -0.4 is 5.32 Å². The SMILES string of the molecule is Cl.Fc1ccc([C@H](c2ccc(Cl)s2)N2CCNCC2)c(C(F)(F)F)c1. The zero-order chi connectivity index (χ0) is 17.3. The molecule has 0 aliphatic carbocycles. The first kappa shape index (κ1) is 20.5. The first-order valence-corrected chi connectivity index (χ1v) is 8.62. The van der Waals surface area contributed by atoms with Gasteiger partial charge in [0.05, 0.1) is 15.9 Å². The Kier molecular flexibility index (Phi) is 6.73. The summed E-state index contributed by atoms with van der Waals surface area (Å²) in [5, 5.41) is 3.19. The fourth-order valence-corrected chi connectivity index (χ4v) is 4.17. The Bertz CT molecular complexity index is 714. The zero-order valence-corrected chi connectivity index (χ0v) is 15.3. The fourth-order valence-electron chi connectivity index (χ4n) is 2.96. The summed E-state index contributed by atoms with van der Waals surface area (Å²) in [5.41, 5.74) is -0.875. The number of thiophene rings is 1. The van der Waals surface area contributed by atoms with Crippen molar-refractivity contribution < 1.29 is 17.6 Å². The monoisotopic (exact) mass is 414 g/mol. The van der Waals surface area contributed by atoms with Crippen LogP contribution in [0.25, 0.3) is 0 Å². The van der Waals surface area contributed by atoms with Gasteiger partial charge < -0.3 is 5.32 Å². The summed E-state index contributed by atoms with van der Waals surface area (Å²) in [6.45, 7) is 2.60. The van der Waals surface area contributed by atoms with E-state index < -0.39 is 23.6 Å². The summed E-state index contributed by atoms with van der Waals surface area (Å²) in [4.78, 5) is 2.69. The Labute approximate surface area is 158 Å². The quantitative estimate of drug-likeness (QED) is 0.712. The van der Waals surface area contributed by atoms with E-state index in [1.807, 2.05) is 4.90 Å². The molecule has 0 radical (unpaired) electrons. The summed E-state index contributed by atoms with van der Waals surface area (Å²) in [7, 11) is 0. The number of alkyl halides is 3. The minimum atomic E-state index is -4.62. The van der Waals surface area contributed by atoms with Crippen molar-refractivity contribution >= 4 is 35.3 Å². The van der Waals surface area contributed by atoms with Crippen molar-refractivity contribution in [3.8, 4) is 0 Å². The predicted molar refractivity (Wildman–Crippen MR) is 94.3 cm³/mol. The van der Waals surface area contributed by atoms with Crippen LogP contribution in [0.1, 0.15) is 22.0 Å². The van der Waals surface area contributed by atoms with E-state index in [4.69, 9.17) is 11.6 Å². The molecule has 1 aliphatic heterocycles. The number of halogens is 6. The Hall–Kier alpha value is -0.860. The van der Waals surface area contributed by atoms with E-state index in [1.165, 1.54) is 17.4 Å². The molecular weight excluding hydrogens is 399 g/mol. The molecule has 25 heavy (non-hydrogen) atoms. The minimum Gasteiger partial charge on any atom is -0.314 e. The van der Waals surface area contributed by atoms with E-state index in [2.05, 4.69) is 5.32 Å². The lowest BCUT2D eigenvalue weighted by Gasteiger charge is -2.35. The van der Waals surface area contributed by atoms with Gasteiger partial charge >= 0.3 is 6.18 Å². The molecule has 0 spiro atoms. The van der Waals surface area contributed by atoms with Crippen LogP contribution >= 0.6 is 35.3 Å². The highest BCUT2D eigenvalue weighted by molar-refractivity contribution is 7.16. The van der Waals surface area contributed by atoms with E-state index >= 15 is 0 Å². The Morgan fingerprint density at radius 3 is 2.36 bits per heavy atom. The van der Waals surface area contributed by atoms with Crippen molar-refractivity contribution in [1.82, 2.24) is 10.2 Å². The van der Waals surface area contributed by atoms with Crippen molar-refractivity contribution in [2.75, 3.05) is 26.2 Å². The third-order valence-corrected chi connectivity index (χ3v) is 5.28. The number of nitrogens with zero attached hydrogens (tertiary/aromatic N) is 1. The van der Waals surface area contributed by atoms with Gasteiger partial charge in [0.2, 0.25) is 0 Å². The Morgan fingerprint density at radius 1 is 1.12 bits per heavy atom. The normalized spacial score (nSPS) is 17.2. The van der Waals surface area contributed by atoms with E-state index in [9.17, 15) is 17.6 Å². The lowest BCUT2D eigenvalue weighted by Crippen LogP contribution is -2.45. The maximum atomic E-state index is 13.5. The van der Waals surface area contributed by atoms with Gasteiger partial charge in [0.15, 0.2) is 0 Å². The van der Waals surface area contributed by atoms with Crippen LogP contribution in [0, 0.1) is 5.82 Å². The van der Waals surface area contributed by atoms with E-state index in [-0.39, 0.29) is 18.0 Å².